The minimum atomic E-state index is -2.95. The Kier molecular flexibility index (Phi) is 6.74. The van der Waals surface area contributed by atoms with Crippen LogP contribution in [0.25, 0.3) is 0 Å². The summed E-state index contributed by atoms with van der Waals surface area (Å²) in [6.07, 6.45) is 1.28. The molecule has 1 fully saturated rings. The van der Waals surface area contributed by atoms with Gasteiger partial charge in [-0.3, -0.25) is 9.59 Å². The molecule has 0 radical (unpaired) electrons. The molecule has 1 unspecified atom stereocenters. The number of hydrogen-bond donors (Lipinski definition) is 1. The van der Waals surface area contributed by atoms with Crippen LogP contribution in [0.4, 0.5) is 13.2 Å². The molecule has 0 bridgehead atoms. The standard InChI is InChI=1S/C21H21F3N2O3/c22-17-9-7-14(8-10-17)20(28)26-11-3-5-16(13-26)19(27)25-12-15-4-1-2-6-18(15)29-21(23)24/h1-2,4,6-10,16,21H,3,5,11-13H2,(H,25,27). The van der Waals surface area contributed by atoms with E-state index in [0.29, 0.717) is 30.5 Å². The fourth-order valence-electron chi connectivity index (χ4n) is 3.34. The van der Waals surface area contributed by atoms with E-state index >= 15 is 0 Å². The van der Waals surface area contributed by atoms with Gasteiger partial charge in [0, 0.05) is 30.8 Å². The highest BCUT2D eigenvalue weighted by atomic mass is 19.3. The molecule has 1 aliphatic heterocycles. The van der Waals surface area contributed by atoms with E-state index in [9.17, 15) is 22.8 Å². The first-order valence-corrected chi connectivity index (χ1v) is 9.29. The SMILES string of the molecule is O=C(NCc1ccccc1OC(F)F)C1CCCN(C(=O)c2ccc(F)cc2)C1. The van der Waals surface area contributed by atoms with Gasteiger partial charge in [-0.1, -0.05) is 18.2 Å². The van der Waals surface area contributed by atoms with Crippen LogP contribution in [0, 0.1) is 11.7 Å². The molecule has 1 aliphatic rings. The summed E-state index contributed by atoms with van der Waals surface area (Å²) in [5, 5.41) is 2.74. The topological polar surface area (TPSA) is 58.6 Å². The number of amides is 2. The number of piperidine rings is 1. The molecule has 8 heteroatoms. The lowest BCUT2D eigenvalue weighted by Gasteiger charge is -2.32. The normalized spacial score (nSPS) is 16.6. The number of carbonyl (C=O) groups is 2. The van der Waals surface area contributed by atoms with Crippen molar-refractivity contribution in [2.24, 2.45) is 5.92 Å². The molecule has 0 spiro atoms. The van der Waals surface area contributed by atoms with E-state index in [1.165, 1.54) is 30.3 Å². The molecule has 1 N–H and O–H groups in total. The third-order valence-electron chi connectivity index (χ3n) is 4.81. The van der Waals surface area contributed by atoms with Crippen LogP contribution in [0.2, 0.25) is 0 Å². The Morgan fingerprint density at radius 3 is 2.59 bits per heavy atom. The molecular formula is C21H21F3N2O3. The lowest BCUT2D eigenvalue weighted by atomic mass is 9.96. The number of nitrogens with zero attached hydrogens (tertiary/aromatic N) is 1. The Bertz CT molecular complexity index is 859. The third kappa shape index (κ3) is 5.49. The van der Waals surface area contributed by atoms with Crippen molar-refractivity contribution in [1.29, 1.82) is 0 Å². The van der Waals surface area contributed by atoms with Crippen LogP contribution in [0.5, 0.6) is 5.75 Å². The average Bonchev–Trinajstić information content (AvgIpc) is 2.72. The Balaban J connectivity index is 1.59. The second kappa shape index (κ2) is 9.45. The van der Waals surface area contributed by atoms with Gasteiger partial charge in [0.2, 0.25) is 5.91 Å². The predicted molar refractivity (Wildman–Crippen MR) is 99.9 cm³/mol. The van der Waals surface area contributed by atoms with E-state index in [-0.39, 0.29) is 30.7 Å². The predicted octanol–water partition coefficient (Wildman–Crippen LogP) is 3.60. The van der Waals surface area contributed by atoms with Crippen LogP contribution in [-0.4, -0.2) is 36.4 Å². The number of benzene rings is 2. The maximum atomic E-state index is 13.1. The lowest BCUT2D eigenvalue weighted by Crippen LogP contribution is -2.45. The van der Waals surface area contributed by atoms with Crippen molar-refractivity contribution in [1.82, 2.24) is 10.2 Å². The van der Waals surface area contributed by atoms with Crippen molar-refractivity contribution in [3.63, 3.8) is 0 Å². The van der Waals surface area contributed by atoms with E-state index < -0.39 is 18.3 Å². The summed E-state index contributed by atoms with van der Waals surface area (Å²) in [4.78, 5) is 26.7. The molecule has 0 aliphatic carbocycles. The van der Waals surface area contributed by atoms with E-state index in [2.05, 4.69) is 10.1 Å². The first kappa shape index (κ1) is 20.7. The van der Waals surface area contributed by atoms with Gasteiger partial charge < -0.3 is 15.0 Å². The first-order valence-electron chi connectivity index (χ1n) is 9.29. The van der Waals surface area contributed by atoms with Crippen molar-refractivity contribution in [3.8, 4) is 5.75 Å². The number of carbonyl (C=O) groups excluding carboxylic acids is 2. The highest BCUT2D eigenvalue weighted by molar-refractivity contribution is 5.94. The Hall–Kier alpha value is -3.03. The van der Waals surface area contributed by atoms with Crippen molar-refractivity contribution < 1.29 is 27.5 Å². The zero-order valence-electron chi connectivity index (χ0n) is 15.6. The molecule has 3 rings (SSSR count). The molecule has 1 heterocycles. The van der Waals surface area contributed by atoms with Gasteiger partial charge in [-0.2, -0.15) is 8.78 Å². The van der Waals surface area contributed by atoms with Crippen molar-refractivity contribution in [2.45, 2.75) is 26.0 Å². The van der Waals surface area contributed by atoms with Gasteiger partial charge in [-0.15, -0.1) is 0 Å². The summed E-state index contributed by atoms with van der Waals surface area (Å²) in [5.41, 5.74) is 0.807. The van der Waals surface area contributed by atoms with Gasteiger partial charge in [0.25, 0.3) is 5.91 Å². The molecule has 1 atom stereocenters. The second-order valence-electron chi connectivity index (χ2n) is 6.80. The summed E-state index contributed by atoms with van der Waals surface area (Å²) in [5.74, 6) is -1.32. The van der Waals surface area contributed by atoms with Gasteiger partial charge >= 0.3 is 6.61 Å². The van der Waals surface area contributed by atoms with Gasteiger partial charge in [0.15, 0.2) is 0 Å². The zero-order valence-corrected chi connectivity index (χ0v) is 15.6. The van der Waals surface area contributed by atoms with E-state index in [1.54, 1.807) is 23.1 Å². The van der Waals surface area contributed by atoms with Crippen LogP contribution < -0.4 is 10.1 Å². The summed E-state index contributed by atoms with van der Waals surface area (Å²) < 4.78 is 42.5. The van der Waals surface area contributed by atoms with Crippen molar-refractivity contribution in [3.05, 3.63) is 65.5 Å². The highest BCUT2D eigenvalue weighted by Crippen LogP contribution is 2.22. The molecule has 154 valence electrons. The van der Waals surface area contributed by atoms with Crippen LogP contribution in [0.3, 0.4) is 0 Å². The maximum Gasteiger partial charge on any atom is 0.387 e. The van der Waals surface area contributed by atoms with E-state index in [1.807, 2.05) is 0 Å². The van der Waals surface area contributed by atoms with Gasteiger partial charge in [0.1, 0.15) is 11.6 Å². The van der Waals surface area contributed by atoms with Crippen molar-refractivity contribution >= 4 is 11.8 Å². The van der Waals surface area contributed by atoms with Crippen LogP contribution in [0.1, 0.15) is 28.8 Å². The molecule has 2 aromatic rings. The summed E-state index contributed by atoms with van der Waals surface area (Å²) in [6.45, 7) is -2.14. The molecule has 0 aromatic heterocycles. The third-order valence-corrected chi connectivity index (χ3v) is 4.81. The molecule has 0 saturated carbocycles. The zero-order chi connectivity index (χ0) is 20.8. The molecule has 29 heavy (non-hydrogen) atoms. The van der Waals surface area contributed by atoms with Crippen LogP contribution >= 0.6 is 0 Å². The number of likely N-dealkylation sites (tertiary alicyclic amines) is 1. The molecule has 2 aromatic carbocycles. The second-order valence-corrected chi connectivity index (χ2v) is 6.80. The number of ether oxygens (including phenoxy) is 1. The summed E-state index contributed by atoms with van der Waals surface area (Å²) in [6, 6.07) is 11.5. The summed E-state index contributed by atoms with van der Waals surface area (Å²) in [7, 11) is 0. The van der Waals surface area contributed by atoms with E-state index in [0.717, 1.165) is 0 Å². The molecule has 5 nitrogen and oxygen atoms in total. The maximum absolute atomic E-state index is 13.1. The monoisotopic (exact) mass is 406 g/mol. The van der Waals surface area contributed by atoms with Crippen molar-refractivity contribution in [2.75, 3.05) is 13.1 Å². The average molecular weight is 406 g/mol. The largest absolute Gasteiger partial charge is 0.434 e. The minimum Gasteiger partial charge on any atom is -0.434 e. The smallest absolute Gasteiger partial charge is 0.387 e. The Morgan fingerprint density at radius 1 is 1.14 bits per heavy atom. The van der Waals surface area contributed by atoms with Gasteiger partial charge in [0.05, 0.1) is 5.92 Å². The van der Waals surface area contributed by atoms with Crippen LogP contribution in [-0.2, 0) is 11.3 Å². The molecular weight excluding hydrogens is 385 g/mol. The summed E-state index contributed by atoms with van der Waals surface area (Å²) >= 11 is 0. The fourth-order valence-corrected chi connectivity index (χ4v) is 3.34. The van der Waals surface area contributed by atoms with E-state index in [4.69, 9.17) is 0 Å². The van der Waals surface area contributed by atoms with Gasteiger partial charge in [-0.25, -0.2) is 4.39 Å². The minimum absolute atomic E-state index is 0.0135. The first-order chi connectivity index (χ1) is 13.9. The number of rotatable bonds is 6. The number of hydrogen-bond acceptors (Lipinski definition) is 3. The highest BCUT2D eigenvalue weighted by Gasteiger charge is 2.29. The quantitative estimate of drug-likeness (QED) is 0.798. The fraction of sp³-hybridized carbons (Fsp3) is 0.333. The Labute approximate surface area is 166 Å². The Morgan fingerprint density at radius 2 is 1.86 bits per heavy atom. The van der Waals surface area contributed by atoms with Crippen LogP contribution in [0.15, 0.2) is 48.5 Å². The van der Waals surface area contributed by atoms with Gasteiger partial charge in [-0.05, 0) is 43.2 Å². The molecule has 1 saturated heterocycles. The molecule has 2 amide bonds. The lowest BCUT2D eigenvalue weighted by molar-refractivity contribution is -0.126. The number of para-hydroxylation sites is 1. The number of alkyl halides is 2. The number of nitrogens with one attached hydrogen (secondary N) is 1. The number of halogens is 3.